The Bertz CT molecular complexity index is 319. The van der Waals surface area contributed by atoms with Crippen LogP contribution in [-0.2, 0) is 4.74 Å². The molecule has 4 nitrogen and oxygen atoms in total. The zero-order valence-electron chi connectivity index (χ0n) is 8.03. The van der Waals surface area contributed by atoms with Crippen molar-refractivity contribution in [1.29, 1.82) is 0 Å². The minimum atomic E-state index is -0.364. The second kappa shape index (κ2) is 4.88. The number of hydrazine groups is 1. The lowest BCUT2D eigenvalue weighted by Gasteiger charge is -2.06. The molecule has 0 saturated heterocycles. The third-order valence-corrected chi connectivity index (χ3v) is 2.44. The number of carbonyl (C=O) groups is 1. The van der Waals surface area contributed by atoms with Crippen LogP contribution < -0.4 is 11.3 Å². The van der Waals surface area contributed by atoms with Crippen molar-refractivity contribution in [2.45, 2.75) is 4.90 Å². The lowest BCUT2D eigenvalue weighted by Crippen LogP contribution is -2.09. The molecule has 1 aromatic carbocycles. The maximum absolute atomic E-state index is 11.2. The summed E-state index contributed by atoms with van der Waals surface area (Å²) < 4.78 is 4.62. The number of nitrogens with one attached hydrogen (secondary N) is 1. The molecule has 14 heavy (non-hydrogen) atoms. The topological polar surface area (TPSA) is 64.3 Å². The van der Waals surface area contributed by atoms with Crippen LogP contribution in [0, 0.1) is 0 Å². The predicted octanol–water partition coefficient (Wildman–Crippen LogP) is 1.48. The van der Waals surface area contributed by atoms with Gasteiger partial charge in [-0.3, -0.25) is 5.84 Å². The number of nitrogens with two attached hydrogens (primary N) is 1. The van der Waals surface area contributed by atoms with Crippen LogP contribution in [0.1, 0.15) is 10.4 Å². The second-order valence-electron chi connectivity index (χ2n) is 2.59. The third-order valence-electron chi connectivity index (χ3n) is 1.73. The number of benzene rings is 1. The highest BCUT2D eigenvalue weighted by molar-refractivity contribution is 7.98. The summed E-state index contributed by atoms with van der Waals surface area (Å²) in [5.74, 6) is 4.91. The first-order valence-electron chi connectivity index (χ1n) is 3.95. The Hall–Kier alpha value is -1.20. The third kappa shape index (κ3) is 2.40. The van der Waals surface area contributed by atoms with Gasteiger partial charge in [0, 0.05) is 4.90 Å². The number of esters is 1. The number of ether oxygens (including phenoxy) is 1. The highest BCUT2D eigenvalue weighted by atomic mass is 32.2. The Morgan fingerprint density at radius 1 is 1.50 bits per heavy atom. The van der Waals surface area contributed by atoms with Crippen molar-refractivity contribution >= 4 is 23.4 Å². The maximum atomic E-state index is 11.2. The molecular weight excluding hydrogens is 200 g/mol. The highest BCUT2D eigenvalue weighted by Gasteiger charge is 2.07. The number of carbonyl (C=O) groups excluding carboxylic acids is 1. The van der Waals surface area contributed by atoms with Gasteiger partial charge in [-0.2, -0.15) is 0 Å². The molecule has 1 rings (SSSR count). The van der Waals surface area contributed by atoms with E-state index in [0.717, 1.165) is 4.90 Å². The number of anilines is 1. The smallest absolute Gasteiger partial charge is 0.337 e. The average molecular weight is 212 g/mol. The van der Waals surface area contributed by atoms with Crippen LogP contribution in [0.4, 0.5) is 5.69 Å². The number of thioether (sulfide) groups is 1. The van der Waals surface area contributed by atoms with E-state index in [9.17, 15) is 4.79 Å². The monoisotopic (exact) mass is 212 g/mol. The van der Waals surface area contributed by atoms with E-state index in [1.54, 1.807) is 12.1 Å². The quantitative estimate of drug-likeness (QED) is 0.344. The molecule has 76 valence electrons. The molecule has 0 bridgehead atoms. The van der Waals surface area contributed by atoms with Crippen molar-refractivity contribution < 1.29 is 9.53 Å². The van der Waals surface area contributed by atoms with Crippen LogP contribution in [0.5, 0.6) is 0 Å². The van der Waals surface area contributed by atoms with Crippen LogP contribution in [0.2, 0.25) is 0 Å². The molecule has 0 aliphatic carbocycles. The zero-order valence-corrected chi connectivity index (χ0v) is 8.85. The van der Waals surface area contributed by atoms with Gasteiger partial charge in [0.15, 0.2) is 0 Å². The van der Waals surface area contributed by atoms with E-state index in [2.05, 4.69) is 10.2 Å². The number of nitrogen functional groups attached to an aromatic ring is 1. The largest absolute Gasteiger partial charge is 0.465 e. The molecule has 0 aliphatic heterocycles. The van der Waals surface area contributed by atoms with E-state index in [0.29, 0.717) is 11.3 Å². The lowest BCUT2D eigenvalue weighted by atomic mass is 10.2. The van der Waals surface area contributed by atoms with Crippen molar-refractivity contribution in [3.63, 3.8) is 0 Å². The van der Waals surface area contributed by atoms with Crippen molar-refractivity contribution in [2.75, 3.05) is 18.8 Å². The van der Waals surface area contributed by atoms with Crippen LogP contribution in [0.3, 0.4) is 0 Å². The van der Waals surface area contributed by atoms with Gasteiger partial charge in [-0.25, -0.2) is 4.79 Å². The standard InChI is InChI=1S/C9H12N2O2S/c1-13-9(12)6-3-7(11-10)5-8(4-6)14-2/h3-5,11H,10H2,1-2H3. The predicted molar refractivity (Wildman–Crippen MR) is 57.4 cm³/mol. The lowest BCUT2D eigenvalue weighted by molar-refractivity contribution is 0.0600. The Morgan fingerprint density at radius 3 is 2.71 bits per heavy atom. The van der Waals surface area contributed by atoms with Gasteiger partial charge in [0.1, 0.15) is 0 Å². The van der Waals surface area contributed by atoms with Gasteiger partial charge in [-0.05, 0) is 24.5 Å². The molecule has 3 N–H and O–H groups in total. The Morgan fingerprint density at radius 2 is 2.21 bits per heavy atom. The number of rotatable bonds is 3. The fraction of sp³-hybridized carbons (Fsp3) is 0.222. The summed E-state index contributed by atoms with van der Waals surface area (Å²) in [5, 5.41) is 0. The first-order chi connectivity index (χ1) is 6.71. The molecule has 0 spiro atoms. The van der Waals surface area contributed by atoms with Crippen LogP contribution in [0.15, 0.2) is 23.1 Å². The van der Waals surface area contributed by atoms with Gasteiger partial charge < -0.3 is 10.2 Å². The van der Waals surface area contributed by atoms with Crippen molar-refractivity contribution in [1.82, 2.24) is 0 Å². The minimum absolute atomic E-state index is 0.364. The molecule has 0 fully saturated rings. The molecule has 5 heteroatoms. The van der Waals surface area contributed by atoms with Crippen LogP contribution in [-0.4, -0.2) is 19.3 Å². The molecule has 0 unspecified atom stereocenters. The van der Waals surface area contributed by atoms with E-state index >= 15 is 0 Å². The Balaban J connectivity index is 3.10. The summed E-state index contributed by atoms with van der Waals surface area (Å²) >= 11 is 1.54. The van der Waals surface area contributed by atoms with Crippen molar-refractivity contribution in [3.8, 4) is 0 Å². The molecule has 0 saturated carbocycles. The van der Waals surface area contributed by atoms with Gasteiger partial charge in [-0.1, -0.05) is 0 Å². The molecule has 0 aliphatic rings. The van der Waals surface area contributed by atoms with E-state index in [-0.39, 0.29) is 5.97 Å². The summed E-state index contributed by atoms with van der Waals surface area (Å²) in [6.07, 6.45) is 1.93. The zero-order chi connectivity index (χ0) is 10.6. The number of hydrogen-bond acceptors (Lipinski definition) is 5. The van der Waals surface area contributed by atoms with Crippen LogP contribution in [0.25, 0.3) is 0 Å². The minimum Gasteiger partial charge on any atom is -0.465 e. The van der Waals surface area contributed by atoms with Gasteiger partial charge in [0.2, 0.25) is 0 Å². The van der Waals surface area contributed by atoms with Gasteiger partial charge >= 0.3 is 5.97 Å². The first kappa shape index (κ1) is 10.9. The summed E-state index contributed by atoms with van der Waals surface area (Å²) in [7, 11) is 1.35. The molecule has 0 radical (unpaired) electrons. The fourth-order valence-corrected chi connectivity index (χ4v) is 1.53. The van der Waals surface area contributed by atoms with Crippen molar-refractivity contribution in [2.24, 2.45) is 5.84 Å². The van der Waals surface area contributed by atoms with E-state index in [4.69, 9.17) is 5.84 Å². The van der Waals surface area contributed by atoms with E-state index in [1.807, 2.05) is 12.3 Å². The summed E-state index contributed by atoms with van der Waals surface area (Å²) in [6.45, 7) is 0. The SMILES string of the molecule is COC(=O)c1cc(NN)cc(SC)c1. The molecule has 0 atom stereocenters. The Kier molecular flexibility index (Phi) is 3.79. The number of methoxy groups -OCH3 is 1. The van der Waals surface area contributed by atoms with Crippen LogP contribution >= 0.6 is 11.8 Å². The first-order valence-corrected chi connectivity index (χ1v) is 5.17. The molecule has 0 aromatic heterocycles. The summed E-state index contributed by atoms with van der Waals surface area (Å²) in [6, 6.07) is 5.26. The second-order valence-corrected chi connectivity index (χ2v) is 3.47. The van der Waals surface area contributed by atoms with E-state index in [1.165, 1.54) is 18.9 Å². The molecule has 0 heterocycles. The fourth-order valence-electron chi connectivity index (χ4n) is 1.04. The summed E-state index contributed by atoms with van der Waals surface area (Å²) in [5.41, 5.74) is 3.68. The van der Waals surface area contributed by atoms with E-state index < -0.39 is 0 Å². The summed E-state index contributed by atoms with van der Waals surface area (Å²) in [4.78, 5) is 12.2. The highest BCUT2D eigenvalue weighted by Crippen LogP contribution is 2.21. The van der Waals surface area contributed by atoms with Gasteiger partial charge in [0.05, 0.1) is 18.4 Å². The maximum Gasteiger partial charge on any atom is 0.337 e. The molecule has 0 amide bonds. The molecule has 1 aromatic rings. The van der Waals surface area contributed by atoms with Gasteiger partial charge in [-0.15, -0.1) is 11.8 Å². The number of hydrogen-bond donors (Lipinski definition) is 2. The normalized spacial score (nSPS) is 9.64. The molecular formula is C9H12N2O2S. The Labute approximate surface area is 86.8 Å². The van der Waals surface area contributed by atoms with Crippen molar-refractivity contribution in [3.05, 3.63) is 23.8 Å². The van der Waals surface area contributed by atoms with Gasteiger partial charge in [0.25, 0.3) is 0 Å². The average Bonchev–Trinajstić information content (AvgIpc) is 2.27.